The van der Waals surface area contributed by atoms with Gasteiger partial charge in [0.05, 0.1) is 22.2 Å². The molecule has 0 spiro atoms. The summed E-state index contributed by atoms with van der Waals surface area (Å²) in [6, 6.07) is 19.1. The molecule has 0 aliphatic carbocycles. The van der Waals surface area contributed by atoms with E-state index in [0.717, 1.165) is 23.3 Å². The molecular weight excluding hydrogens is 534 g/mol. The summed E-state index contributed by atoms with van der Waals surface area (Å²) in [5.41, 5.74) is 2.16. The molecule has 39 heavy (non-hydrogen) atoms. The molecule has 4 aromatic rings. The van der Waals surface area contributed by atoms with Crippen molar-refractivity contribution >= 4 is 23.3 Å². The Morgan fingerprint density at radius 1 is 0.846 bits per heavy atom. The van der Waals surface area contributed by atoms with Crippen LogP contribution in [-0.4, -0.2) is 22.8 Å². The zero-order valence-electron chi connectivity index (χ0n) is 20.5. The van der Waals surface area contributed by atoms with Crippen molar-refractivity contribution in [1.82, 2.24) is 5.32 Å². The molecule has 0 fully saturated rings. The third-order valence-corrected chi connectivity index (χ3v) is 6.52. The average Bonchev–Trinajstić information content (AvgIpc) is 2.90. The summed E-state index contributed by atoms with van der Waals surface area (Å²) in [6.07, 6.45) is -4.31. The molecule has 0 saturated heterocycles. The third kappa shape index (κ3) is 6.64. The maximum Gasteiger partial charge on any atom is 0.416 e. The molecule has 200 valence electrons. The second-order valence-electron chi connectivity index (χ2n) is 8.97. The molecule has 0 aliphatic heterocycles. The van der Waals surface area contributed by atoms with Gasteiger partial charge in [-0.3, -0.25) is 9.59 Å². The summed E-state index contributed by atoms with van der Waals surface area (Å²) >= 11 is 5.86. The van der Waals surface area contributed by atoms with E-state index in [0.29, 0.717) is 16.7 Å². The molecule has 2 N–H and O–H groups in total. The van der Waals surface area contributed by atoms with Crippen molar-refractivity contribution in [3.8, 4) is 28.0 Å². The minimum atomic E-state index is -4.48. The fraction of sp³-hybridized carbons (Fsp3) is 0.133. The molecule has 0 saturated carbocycles. The van der Waals surface area contributed by atoms with Gasteiger partial charge in [-0.2, -0.15) is 13.2 Å². The van der Waals surface area contributed by atoms with Crippen LogP contribution in [-0.2, 0) is 17.4 Å². The highest BCUT2D eigenvalue weighted by Gasteiger charge is 2.30. The average molecular weight is 556 g/mol. The van der Waals surface area contributed by atoms with E-state index in [2.05, 4.69) is 5.32 Å². The van der Waals surface area contributed by atoms with E-state index >= 15 is 0 Å². The molecule has 0 aromatic heterocycles. The minimum Gasteiger partial charge on any atom is -0.507 e. The van der Waals surface area contributed by atoms with Gasteiger partial charge in [0.25, 0.3) is 5.91 Å². The van der Waals surface area contributed by atoms with Crippen LogP contribution in [0.2, 0.25) is 5.02 Å². The predicted molar refractivity (Wildman–Crippen MR) is 141 cm³/mol. The normalized spacial score (nSPS) is 12.2. The van der Waals surface area contributed by atoms with Crippen LogP contribution in [0.15, 0.2) is 84.9 Å². The zero-order chi connectivity index (χ0) is 28.3. The summed E-state index contributed by atoms with van der Waals surface area (Å²) in [5, 5.41) is 12.9. The van der Waals surface area contributed by atoms with Crippen LogP contribution in [0.3, 0.4) is 0 Å². The number of rotatable bonds is 7. The van der Waals surface area contributed by atoms with Gasteiger partial charge in [0.1, 0.15) is 11.6 Å². The summed E-state index contributed by atoms with van der Waals surface area (Å²) in [7, 11) is 0. The van der Waals surface area contributed by atoms with E-state index in [1.54, 1.807) is 30.3 Å². The van der Waals surface area contributed by atoms with Crippen LogP contribution in [0.25, 0.3) is 22.3 Å². The van der Waals surface area contributed by atoms with Crippen LogP contribution in [0.1, 0.15) is 28.4 Å². The van der Waals surface area contributed by atoms with Crippen molar-refractivity contribution in [3.63, 3.8) is 0 Å². The summed E-state index contributed by atoms with van der Waals surface area (Å²) in [5.74, 6) is -1.88. The smallest absolute Gasteiger partial charge is 0.416 e. The fourth-order valence-electron chi connectivity index (χ4n) is 4.03. The van der Waals surface area contributed by atoms with Crippen molar-refractivity contribution in [2.45, 2.75) is 25.6 Å². The predicted octanol–water partition coefficient (Wildman–Crippen LogP) is 7.47. The third-order valence-electron chi connectivity index (χ3n) is 6.23. The quantitative estimate of drug-likeness (QED) is 0.233. The van der Waals surface area contributed by atoms with Crippen LogP contribution in [0, 0.1) is 5.82 Å². The van der Waals surface area contributed by atoms with Gasteiger partial charge >= 0.3 is 6.18 Å². The second-order valence-corrected chi connectivity index (χ2v) is 9.38. The fourth-order valence-corrected chi connectivity index (χ4v) is 4.21. The SMILES string of the molecule is CC(=O)[C@@H](Cc1ccc(-c2ccc(F)c(Cl)c2)cc1)NC(=O)c1cc(-c2ccc(C(F)(F)F)cc2)ccc1O. The van der Waals surface area contributed by atoms with Crippen LogP contribution in [0.5, 0.6) is 5.75 Å². The van der Waals surface area contributed by atoms with Crippen molar-refractivity contribution in [2.24, 2.45) is 0 Å². The van der Waals surface area contributed by atoms with Crippen LogP contribution in [0.4, 0.5) is 17.6 Å². The van der Waals surface area contributed by atoms with E-state index in [-0.39, 0.29) is 28.5 Å². The first-order valence-electron chi connectivity index (χ1n) is 11.8. The lowest BCUT2D eigenvalue weighted by atomic mass is 9.98. The van der Waals surface area contributed by atoms with Gasteiger partial charge < -0.3 is 10.4 Å². The molecule has 0 heterocycles. The van der Waals surface area contributed by atoms with Gasteiger partial charge in [-0.15, -0.1) is 0 Å². The Labute approximate surface area is 226 Å². The molecule has 0 aliphatic rings. The number of amides is 1. The molecular formula is C30H22ClF4NO3. The van der Waals surface area contributed by atoms with Gasteiger partial charge in [0.15, 0.2) is 5.78 Å². The van der Waals surface area contributed by atoms with Gasteiger partial charge in [0.2, 0.25) is 0 Å². The van der Waals surface area contributed by atoms with Crippen molar-refractivity contribution in [2.75, 3.05) is 0 Å². The Kier molecular flexibility index (Phi) is 8.06. The van der Waals surface area contributed by atoms with Crippen molar-refractivity contribution in [3.05, 3.63) is 112 Å². The topological polar surface area (TPSA) is 66.4 Å². The van der Waals surface area contributed by atoms with Crippen molar-refractivity contribution in [1.29, 1.82) is 0 Å². The Morgan fingerprint density at radius 3 is 1.95 bits per heavy atom. The first-order chi connectivity index (χ1) is 18.4. The van der Waals surface area contributed by atoms with E-state index in [4.69, 9.17) is 11.6 Å². The number of aromatic hydroxyl groups is 1. The Morgan fingerprint density at radius 2 is 1.38 bits per heavy atom. The maximum absolute atomic E-state index is 13.5. The number of phenols is 1. The second kappa shape index (κ2) is 11.3. The highest BCUT2D eigenvalue weighted by Crippen LogP contribution is 2.32. The molecule has 0 radical (unpaired) electrons. The number of Topliss-reactive ketones (excluding diaryl/α,β-unsaturated/α-hetero) is 1. The van der Waals surface area contributed by atoms with Crippen LogP contribution < -0.4 is 5.32 Å². The van der Waals surface area contributed by atoms with Gasteiger partial charge in [-0.25, -0.2) is 4.39 Å². The molecule has 4 nitrogen and oxygen atoms in total. The standard InChI is InChI=1S/C30H22ClF4NO3/c1-17(37)27(14-18-2-4-19(5-3-18)22-8-12-26(32)25(31)16-22)36-29(39)24-15-21(9-13-28(24)38)20-6-10-23(11-7-20)30(33,34)35/h2-13,15-16,27,38H,14H2,1H3,(H,36,39)/t27-/m1/s1. The lowest BCUT2D eigenvalue weighted by Gasteiger charge is -2.17. The number of halogens is 5. The van der Waals surface area contributed by atoms with Gasteiger partial charge in [-0.05, 0) is 77.6 Å². The molecule has 0 bridgehead atoms. The maximum atomic E-state index is 13.5. The first-order valence-corrected chi connectivity index (χ1v) is 12.2. The molecule has 1 atom stereocenters. The van der Waals surface area contributed by atoms with E-state index in [9.17, 15) is 32.3 Å². The molecule has 0 unspecified atom stereocenters. The number of hydrogen-bond donors (Lipinski definition) is 2. The number of alkyl halides is 3. The highest BCUT2D eigenvalue weighted by molar-refractivity contribution is 6.31. The molecule has 4 aromatic carbocycles. The Bertz CT molecular complexity index is 1520. The summed E-state index contributed by atoms with van der Waals surface area (Å²) in [6.45, 7) is 1.33. The number of nitrogens with one attached hydrogen (secondary N) is 1. The lowest BCUT2D eigenvalue weighted by molar-refractivity contribution is -0.137. The number of benzene rings is 4. The number of carbonyl (C=O) groups excluding carboxylic acids is 2. The Balaban J connectivity index is 1.50. The minimum absolute atomic E-state index is 0.00146. The first kappa shape index (κ1) is 27.9. The molecule has 4 rings (SSSR count). The number of carbonyl (C=O) groups is 2. The van der Waals surface area contributed by atoms with Crippen molar-refractivity contribution < 1.29 is 32.3 Å². The summed E-state index contributed by atoms with van der Waals surface area (Å²) in [4.78, 5) is 25.4. The van der Waals surface area contributed by atoms with Crippen LogP contribution >= 0.6 is 11.6 Å². The lowest BCUT2D eigenvalue weighted by Crippen LogP contribution is -2.41. The largest absolute Gasteiger partial charge is 0.507 e. The monoisotopic (exact) mass is 555 g/mol. The zero-order valence-corrected chi connectivity index (χ0v) is 21.3. The number of phenolic OH excluding ortho intramolecular Hbond substituents is 1. The number of ketones is 1. The Hall–Kier alpha value is -4.17. The highest BCUT2D eigenvalue weighted by atomic mass is 35.5. The summed E-state index contributed by atoms with van der Waals surface area (Å²) < 4.78 is 52.1. The van der Waals surface area contributed by atoms with E-state index in [1.165, 1.54) is 49.4 Å². The van der Waals surface area contributed by atoms with E-state index in [1.807, 2.05) is 0 Å². The number of hydrogen-bond acceptors (Lipinski definition) is 3. The molecule has 1 amide bonds. The molecule has 9 heteroatoms. The van der Waals surface area contributed by atoms with E-state index < -0.39 is 29.5 Å². The van der Waals surface area contributed by atoms with Gasteiger partial charge in [-0.1, -0.05) is 60.1 Å². The van der Waals surface area contributed by atoms with Gasteiger partial charge in [0, 0.05) is 0 Å².